The summed E-state index contributed by atoms with van der Waals surface area (Å²) in [6, 6.07) is 10.0. The molecular formula is C19H28IN5O2. The molecule has 0 aliphatic carbocycles. The molecule has 1 saturated heterocycles. The van der Waals surface area contributed by atoms with Crippen molar-refractivity contribution in [2.24, 2.45) is 10.4 Å². The molecule has 1 aliphatic rings. The normalized spacial score (nSPS) is 19.6. The van der Waals surface area contributed by atoms with Crippen LogP contribution in [-0.4, -0.2) is 54.3 Å². The number of aliphatic imine (C=N–C) groups is 1. The van der Waals surface area contributed by atoms with Crippen LogP contribution < -0.4 is 10.6 Å². The number of guanidine groups is 1. The third-order valence-corrected chi connectivity index (χ3v) is 4.80. The molecular weight excluding hydrogens is 457 g/mol. The van der Waals surface area contributed by atoms with E-state index in [0.29, 0.717) is 13.2 Å². The van der Waals surface area contributed by atoms with E-state index in [1.54, 1.807) is 7.05 Å². The lowest BCUT2D eigenvalue weighted by Crippen LogP contribution is -2.44. The molecule has 27 heavy (non-hydrogen) atoms. The molecule has 8 heteroatoms. The zero-order valence-electron chi connectivity index (χ0n) is 15.6. The van der Waals surface area contributed by atoms with Crippen LogP contribution in [0.4, 0.5) is 0 Å². The van der Waals surface area contributed by atoms with Gasteiger partial charge in [-0.05, 0) is 25.0 Å². The highest BCUT2D eigenvalue weighted by Crippen LogP contribution is 2.31. The van der Waals surface area contributed by atoms with E-state index in [9.17, 15) is 5.11 Å². The standard InChI is InChI=1S/C19H27N5O2.HI/c1-20-18(22-14-19(7-9-25)8-10-26-15-19)21-11-16-12-23-24(13-16)17-5-3-2-4-6-17;/h2-6,12-13,25H,7-11,14-15H2,1H3,(H2,20,21,22);1H. The topological polar surface area (TPSA) is 83.7 Å². The number of para-hydroxylation sites is 1. The van der Waals surface area contributed by atoms with Crippen LogP contribution in [-0.2, 0) is 11.3 Å². The van der Waals surface area contributed by atoms with Gasteiger partial charge in [-0.2, -0.15) is 5.10 Å². The summed E-state index contributed by atoms with van der Waals surface area (Å²) in [5.74, 6) is 0.738. The first-order valence-electron chi connectivity index (χ1n) is 8.97. The maximum absolute atomic E-state index is 9.32. The summed E-state index contributed by atoms with van der Waals surface area (Å²) >= 11 is 0. The van der Waals surface area contributed by atoms with Crippen LogP contribution in [0.15, 0.2) is 47.7 Å². The number of nitrogens with one attached hydrogen (secondary N) is 2. The molecule has 2 aromatic rings. The van der Waals surface area contributed by atoms with Gasteiger partial charge in [0.2, 0.25) is 0 Å². The molecule has 2 heterocycles. The largest absolute Gasteiger partial charge is 0.396 e. The van der Waals surface area contributed by atoms with E-state index in [2.05, 4.69) is 20.7 Å². The molecule has 0 radical (unpaired) electrons. The van der Waals surface area contributed by atoms with E-state index in [4.69, 9.17) is 4.74 Å². The van der Waals surface area contributed by atoms with Crippen molar-refractivity contribution in [3.63, 3.8) is 0 Å². The van der Waals surface area contributed by atoms with Crippen molar-refractivity contribution in [3.8, 4) is 5.69 Å². The predicted octanol–water partition coefficient (Wildman–Crippen LogP) is 1.94. The molecule has 1 aliphatic heterocycles. The summed E-state index contributed by atoms with van der Waals surface area (Å²) in [6.45, 7) is 2.98. The Morgan fingerprint density at radius 3 is 2.81 bits per heavy atom. The van der Waals surface area contributed by atoms with Gasteiger partial charge in [0, 0.05) is 50.5 Å². The van der Waals surface area contributed by atoms with Crippen LogP contribution in [0, 0.1) is 5.41 Å². The second kappa shape index (κ2) is 10.6. The monoisotopic (exact) mass is 485 g/mol. The average Bonchev–Trinajstić information content (AvgIpc) is 3.33. The minimum atomic E-state index is -0.00936. The minimum absolute atomic E-state index is 0. The molecule has 7 nitrogen and oxygen atoms in total. The van der Waals surface area contributed by atoms with Gasteiger partial charge in [-0.15, -0.1) is 24.0 Å². The van der Waals surface area contributed by atoms with Crippen LogP contribution in [0.1, 0.15) is 18.4 Å². The maximum Gasteiger partial charge on any atom is 0.191 e. The van der Waals surface area contributed by atoms with Crippen molar-refractivity contribution in [1.82, 2.24) is 20.4 Å². The molecule has 1 atom stereocenters. The van der Waals surface area contributed by atoms with Crippen molar-refractivity contribution in [2.75, 3.05) is 33.4 Å². The van der Waals surface area contributed by atoms with Gasteiger partial charge >= 0.3 is 0 Å². The molecule has 1 aromatic heterocycles. The molecule has 0 spiro atoms. The molecule has 1 unspecified atom stereocenters. The Balaban J connectivity index is 0.00000261. The lowest BCUT2D eigenvalue weighted by atomic mass is 9.84. The average molecular weight is 485 g/mol. The fraction of sp³-hybridized carbons (Fsp3) is 0.474. The second-order valence-corrected chi connectivity index (χ2v) is 6.68. The number of aliphatic hydroxyl groups excluding tert-OH is 1. The van der Waals surface area contributed by atoms with Gasteiger partial charge in [0.05, 0.1) is 18.5 Å². The first kappa shape index (κ1) is 21.6. The van der Waals surface area contributed by atoms with Crippen LogP contribution in [0.2, 0.25) is 0 Å². The number of hydrogen-bond donors (Lipinski definition) is 3. The Morgan fingerprint density at radius 2 is 2.15 bits per heavy atom. The Hall–Kier alpha value is -1.65. The van der Waals surface area contributed by atoms with E-state index in [0.717, 1.165) is 43.2 Å². The number of halogens is 1. The highest BCUT2D eigenvalue weighted by atomic mass is 127. The van der Waals surface area contributed by atoms with E-state index < -0.39 is 0 Å². The SMILES string of the molecule is CN=C(NCc1cnn(-c2ccccc2)c1)NCC1(CCO)CCOC1.I. The number of ether oxygens (including phenoxy) is 1. The van der Waals surface area contributed by atoms with Crippen LogP contribution in [0.5, 0.6) is 0 Å². The predicted molar refractivity (Wildman–Crippen MR) is 117 cm³/mol. The zero-order chi connectivity index (χ0) is 18.2. The van der Waals surface area contributed by atoms with Gasteiger partial charge in [-0.3, -0.25) is 4.99 Å². The number of nitrogens with zero attached hydrogens (tertiary/aromatic N) is 3. The van der Waals surface area contributed by atoms with Gasteiger partial charge in [-0.1, -0.05) is 18.2 Å². The van der Waals surface area contributed by atoms with Gasteiger partial charge in [0.25, 0.3) is 0 Å². The summed E-state index contributed by atoms with van der Waals surface area (Å²) in [5.41, 5.74) is 2.10. The molecule has 0 bridgehead atoms. The van der Waals surface area contributed by atoms with Gasteiger partial charge < -0.3 is 20.5 Å². The van der Waals surface area contributed by atoms with Crippen molar-refractivity contribution < 1.29 is 9.84 Å². The summed E-state index contributed by atoms with van der Waals surface area (Å²) in [7, 11) is 1.76. The highest BCUT2D eigenvalue weighted by molar-refractivity contribution is 14.0. The molecule has 0 saturated carbocycles. The number of aromatic nitrogens is 2. The quantitative estimate of drug-likeness (QED) is 0.317. The van der Waals surface area contributed by atoms with E-state index in [-0.39, 0.29) is 36.0 Å². The van der Waals surface area contributed by atoms with Crippen LogP contribution in [0.3, 0.4) is 0 Å². The Labute approximate surface area is 177 Å². The molecule has 1 aromatic carbocycles. The third-order valence-electron chi connectivity index (χ3n) is 4.80. The van der Waals surface area contributed by atoms with Crippen molar-refractivity contribution in [1.29, 1.82) is 0 Å². The van der Waals surface area contributed by atoms with Crippen molar-refractivity contribution in [3.05, 3.63) is 48.3 Å². The van der Waals surface area contributed by atoms with Gasteiger partial charge in [0.1, 0.15) is 0 Å². The summed E-state index contributed by atoms with van der Waals surface area (Å²) in [5, 5.41) is 20.4. The van der Waals surface area contributed by atoms with E-state index >= 15 is 0 Å². The fourth-order valence-corrected chi connectivity index (χ4v) is 3.16. The molecule has 0 amide bonds. The molecule has 148 valence electrons. The van der Waals surface area contributed by atoms with Crippen molar-refractivity contribution >= 4 is 29.9 Å². The fourth-order valence-electron chi connectivity index (χ4n) is 3.16. The Bertz CT molecular complexity index is 714. The van der Waals surface area contributed by atoms with Gasteiger partial charge in [0.15, 0.2) is 5.96 Å². The first-order chi connectivity index (χ1) is 12.7. The van der Waals surface area contributed by atoms with E-state index in [1.807, 2.05) is 47.4 Å². The maximum atomic E-state index is 9.32. The molecule has 3 rings (SSSR count). The van der Waals surface area contributed by atoms with E-state index in [1.165, 1.54) is 0 Å². The third kappa shape index (κ3) is 5.91. The first-order valence-corrected chi connectivity index (χ1v) is 8.97. The zero-order valence-corrected chi connectivity index (χ0v) is 17.9. The van der Waals surface area contributed by atoms with Gasteiger partial charge in [-0.25, -0.2) is 4.68 Å². The van der Waals surface area contributed by atoms with Crippen molar-refractivity contribution in [2.45, 2.75) is 19.4 Å². The Kier molecular flexibility index (Phi) is 8.52. The summed E-state index contributed by atoms with van der Waals surface area (Å²) in [6.07, 6.45) is 5.56. The van der Waals surface area contributed by atoms with Crippen LogP contribution in [0.25, 0.3) is 5.69 Å². The lowest BCUT2D eigenvalue weighted by molar-refractivity contribution is 0.127. The summed E-state index contributed by atoms with van der Waals surface area (Å²) in [4.78, 5) is 4.28. The second-order valence-electron chi connectivity index (χ2n) is 6.68. The Morgan fingerprint density at radius 1 is 1.33 bits per heavy atom. The number of benzene rings is 1. The number of rotatable bonds is 7. The number of aliphatic hydroxyl groups is 1. The van der Waals surface area contributed by atoms with Crippen LogP contribution >= 0.6 is 24.0 Å². The smallest absolute Gasteiger partial charge is 0.191 e. The highest BCUT2D eigenvalue weighted by Gasteiger charge is 2.34. The number of hydrogen-bond acceptors (Lipinski definition) is 4. The molecule has 1 fully saturated rings. The minimum Gasteiger partial charge on any atom is -0.396 e. The molecule has 3 N–H and O–H groups in total. The lowest BCUT2D eigenvalue weighted by Gasteiger charge is -2.27. The summed E-state index contributed by atoms with van der Waals surface area (Å²) < 4.78 is 7.39.